The molecule has 76 valence electrons. The van der Waals surface area contributed by atoms with Crippen LogP contribution in [0.2, 0.25) is 0 Å². The molecule has 0 aromatic heterocycles. The summed E-state index contributed by atoms with van der Waals surface area (Å²) in [5.41, 5.74) is 0. The summed E-state index contributed by atoms with van der Waals surface area (Å²) in [4.78, 5) is 21.1. The van der Waals surface area contributed by atoms with Gasteiger partial charge in [0.1, 0.15) is 6.04 Å². The fraction of sp³-hybridized carbons (Fsp3) is 0.750. The van der Waals surface area contributed by atoms with Crippen LogP contribution in [-0.4, -0.2) is 29.9 Å². The minimum absolute atomic E-state index is 0.316. The van der Waals surface area contributed by atoms with Crippen LogP contribution in [0.5, 0.6) is 0 Å². The Morgan fingerprint density at radius 1 is 1.46 bits per heavy atom. The van der Waals surface area contributed by atoms with E-state index < -0.39 is 16.9 Å². The van der Waals surface area contributed by atoms with Crippen molar-refractivity contribution in [3.8, 4) is 0 Å². The van der Waals surface area contributed by atoms with Crippen molar-refractivity contribution in [2.24, 2.45) is 0 Å². The molecule has 1 amide bonds. The summed E-state index contributed by atoms with van der Waals surface area (Å²) in [6, 6.07) is -0.823. The topological polar surface area (TPSA) is 55.4 Å². The third-order valence-corrected chi connectivity index (χ3v) is 1.69. The lowest BCUT2D eigenvalue weighted by molar-refractivity contribution is -0.145. The molecule has 0 fully saturated rings. The molecule has 0 rings (SSSR count). The van der Waals surface area contributed by atoms with Gasteiger partial charge in [0.05, 0.1) is 12.0 Å². The summed E-state index contributed by atoms with van der Waals surface area (Å²) < 4.78 is 4.50. The maximum atomic E-state index is 11.2. The second-order valence-electron chi connectivity index (χ2n) is 3.22. The van der Waals surface area contributed by atoms with E-state index in [0.29, 0.717) is 0 Å². The highest BCUT2D eigenvalue weighted by Crippen LogP contribution is 2.19. The lowest BCUT2D eigenvalue weighted by Crippen LogP contribution is -2.51. The molecular weight excluding hydrogens is 194 g/mol. The number of rotatable bonds is 3. The van der Waals surface area contributed by atoms with Gasteiger partial charge in [-0.15, -0.1) is 11.6 Å². The molecule has 0 aliphatic heterocycles. The Hall–Kier alpha value is -0.770. The van der Waals surface area contributed by atoms with E-state index in [2.05, 4.69) is 10.1 Å². The molecule has 1 N–H and O–H groups in total. The van der Waals surface area contributed by atoms with Crippen LogP contribution in [0.15, 0.2) is 0 Å². The highest BCUT2D eigenvalue weighted by atomic mass is 35.5. The van der Waals surface area contributed by atoms with Gasteiger partial charge < -0.3 is 10.1 Å². The summed E-state index contributed by atoms with van der Waals surface area (Å²) in [6.45, 7) is 4.58. The van der Waals surface area contributed by atoms with E-state index in [0.717, 1.165) is 0 Å². The molecule has 0 bridgehead atoms. The van der Waals surface area contributed by atoms with Crippen LogP contribution in [0.3, 0.4) is 0 Å². The number of ether oxygens (including phenoxy) is 1. The van der Waals surface area contributed by atoms with Gasteiger partial charge in [-0.25, -0.2) is 4.79 Å². The molecular formula is C8H14ClNO3. The molecule has 0 saturated heterocycles. The number of hydrogen-bond acceptors (Lipinski definition) is 3. The van der Waals surface area contributed by atoms with Gasteiger partial charge in [-0.3, -0.25) is 4.79 Å². The van der Waals surface area contributed by atoms with Crippen molar-refractivity contribution in [2.45, 2.75) is 31.7 Å². The second kappa shape index (κ2) is 4.46. The van der Waals surface area contributed by atoms with E-state index in [1.54, 1.807) is 13.8 Å². The van der Waals surface area contributed by atoms with Gasteiger partial charge in [0.2, 0.25) is 5.91 Å². The summed E-state index contributed by atoms with van der Waals surface area (Å²) in [5.74, 6) is -0.862. The molecule has 0 saturated carbocycles. The standard InChI is InChI=1S/C8H14ClNO3/c1-5(11)10-6(7(12)13-4)8(2,3)9/h6H,1-4H3,(H,10,11)/t6-/m1/s1. The van der Waals surface area contributed by atoms with Crippen molar-refractivity contribution in [3.63, 3.8) is 0 Å². The van der Waals surface area contributed by atoms with E-state index in [-0.39, 0.29) is 5.91 Å². The number of nitrogens with one attached hydrogen (secondary N) is 1. The third-order valence-electron chi connectivity index (χ3n) is 1.47. The summed E-state index contributed by atoms with van der Waals surface area (Å²) in [7, 11) is 1.25. The van der Waals surface area contributed by atoms with Crippen LogP contribution >= 0.6 is 11.6 Å². The largest absolute Gasteiger partial charge is 0.467 e. The van der Waals surface area contributed by atoms with Crippen molar-refractivity contribution in [1.82, 2.24) is 5.32 Å². The monoisotopic (exact) mass is 207 g/mol. The number of alkyl halides is 1. The summed E-state index contributed by atoms with van der Waals surface area (Å²) in [5, 5.41) is 2.43. The number of methoxy groups -OCH3 is 1. The molecule has 0 radical (unpaired) electrons. The maximum Gasteiger partial charge on any atom is 0.330 e. The molecule has 0 heterocycles. The van der Waals surface area contributed by atoms with Gasteiger partial charge in [-0.1, -0.05) is 0 Å². The molecule has 1 atom stereocenters. The van der Waals surface area contributed by atoms with Crippen LogP contribution in [0, 0.1) is 0 Å². The zero-order valence-electron chi connectivity index (χ0n) is 8.18. The Bertz CT molecular complexity index is 210. The van der Waals surface area contributed by atoms with Gasteiger partial charge in [-0.05, 0) is 13.8 Å². The molecule has 5 heteroatoms. The van der Waals surface area contributed by atoms with Gasteiger partial charge in [0.25, 0.3) is 0 Å². The average Bonchev–Trinajstić information content (AvgIpc) is 1.96. The van der Waals surface area contributed by atoms with Crippen molar-refractivity contribution in [3.05, 3.63) is 0 Å². The van der Waals surface area contributed by atoms with Gasteiger partial charge >= 0.3 is 5.97 Å². The molecule has 0 aromatic carbocycles. The highest BCUT2D eigenvalue weighted by Gasteiger charge is 2.34. The fourth-order valence-corrected chi connectivity index (χ4v) is 0.976. The van der Waals surface area contributed by atoms with E-state index in [1.807, 2.05) is 0 Å². The number of amides is 1. The number of carbonyl (C=O) groups excluding carboxylic acids is 2. The highest BCUT2D eigenvalue weighted by molar-refractivity contribution is 6.25. The first-order valence-corrected chi connectivity index (χ1v) is 4.20. The first-order chi connectivity index (χ1) is 5.79. The summed E-state index contributed by atoms with van der Waals surface area (Å²) in [6.07, 6.45) is 0. The summed E-state index contributed by atoms with van der Waals surface area (Å²) >= 11 is 5.90. The SMILES string of the molecule is COC(=O)[C@@H](NC(C)=O)C(C)(C)Cl. The molecule has 0 aliphatic rings. The quantitative estimate of drug-likeness (QED) is 0.547. The smallest absolute Gasteiger partial charge is 0.330 e. The molecule has 0 aliphatic carbocycles. The van der Waals surface area contributed by atoms with Crippen LogP contribution in [-0.2, 0) is 14.3 Å². The molecule has 0 spiro atoms. The maximum absolute atomic E-state index is 11.2. The number of halogens is 1. The zero-order valence-corrected chi connectivity index (χ0v) is 8.94. The Morgan fingerprint density at radius 2 is 1.92 bits per heavy atom. The number of carbonyl (C=O) groups is 2. The first kappa shape index (κ1) is 12.2. The zero-order chi connectivity index (χ0) is 10.6. The van der Waals surface area contributed by atoms with Gasteiger partial charge in [-0.2, -0.15) is 0 Å². The Morgan fingerprint density at radius 3 is 2.15 bits per heavy atom. The van der Waals surface area contributed by atoms with E-state index in [9.17, 15) is 9.59 Å². The minimum Gasteiger partial charge on any atom is -0.467 e. The van der Waals surface area contributed by atoms with Crippen LogP contribution < -0.4 is 5.32 Å². The fourth-order valence-electron chi connectivity index (χ4n) is 0.832. The number of esters is 1. The van der Waals surface area contributed by atoms with Crippen molar-refractivity contribution < 1.29 is 14.3 Å². The predicted molar refractivity (Wildman–Crippen MR) is 49.6 cm³/mol. The second-order valence-corrected chi connectivity index (χ2v) is 4.20. The average molecular weight is 208 g/mol. The first-order valence-electron chi connectivity index (χ1n) is 3.83. The number of hydrogen-bond donors (Lipinski definition) is 1. The van der Waals surface area contributed by atoms with Gasteiger partial charge in [0, 0.05) is 6.92 Å². The van der Waals surface area contributed by atoms with E-state index in [1.165, 1.54) is 14.0 Å². The molecule has 4 nitrogen and oxygen atoms in total. The van der Waals surface area contributed by atoms with E-state index >= 15 is 0 Å². The lowest BCUT2D eigenvalue weighted by atomic mass is 10.0. The van der Waals surface area contributed by atoms with Gasteiger partial charge in [0.15, 0.2) is 0 Å². The van der Waals surface area contributed by atoms with Crippen molar-refractivity contribution in [1.29, 1.82) is 0 Å². The van der Waals surface area contributed by atoms with Crippen LogP contribution in [0.25, 0.3) is 0 Å². The predicted octanol–water partition coefficient (Wildman–Crippen LogP) is 0.681. The molecule has 0 aromatic rings. The van der Waals surface area contributed by atoms with Crippen LogP contribution in [0.1, 0.15) is 20.8 Å². The Labute approximate surface area is 82.6 Å². The van der Waals surface area contributed by atoms with Crippen molar-refractivity contribution >= 4 is 23.5 Å². The van der Waals surface area contributed by atoms with E-state index in [4.69, 9.17) is 11.6 Å². The third kappa shape index (κ3) is 4.12. The van der Waals surface area contributed by atoms with Crippen LogP contribution in [0.4, 0.5) is 0 Å². The lowest BCUT2D eigenvalue weighted by Gasteiger charge is -2.26. The Balaban J connectivity index is 4.56. The Kier molecular flexibility index (Phi) is 4.20. The van der Waals surface area contributed by atoms with Crippen molar-refractivity contribution in [2.75, 3.05) is 7.11 Å². The molecule has 0 unspecified atom stereocenters. The minimum atomic E-state index is -0.862. The molecule has 13 heavy (non-hydrogen) atoms. The normalized spacial score (nSPS) is 13.3.